The van der Waals surface area contributed by atoms with Crippen molar-refractivity contribution in [1.29, 1.82) is 0 Å². The van der Waals surface area contributed by atoms with E-state index >= 15 is 0 Å². The maximum atomic E-state index is 11.8. The molecule has 6 heteroatoms. The molecule has 1 heterocycles. The van der Waals surface area contributed by atoms with Gasteiger partial charge in [-0.3, -0.25) is 4.84 Å². The molecule has 0 aliphatic heterocycles. The Hall–Kier alpha value is -0.430. The van der Waals surface area contributed by atoms with E-state index in [1.807, 2.05) is 6.92 Å². The van der Waals surface area contributed by atoms with Crippen LogP contribution in [0.25, 0.3) is 0 Å². The first-order valence-electron chi connectivity index (χ1n) is 3.99. The summed E-state index contributed by atoms with van der Waals surface area (Å²) in [7, 11) is -0.775. The Kier molecular flexibility index (Phi) is 3.31. The molecule has 0 aromatic carbocycles. The topological polar surface area (TPSA) is 46.6 Å². The van der Waals surface area contributed by atoms with Gasteiger partial charge in [-0.25, -0.2) is 8.42 Å². The van der Waals surface area contributed by atoms with Crippen LogP contribution in [0.2, 0.25) is 0 Å². The van der Waals surface area contributed by atoms with Crippen molar-refractivity contribution in [1.82, 2.24) is 4.47 Å². The monoisotopic (exact) mass is 235 g/mol. The summed E-state index contributed by atoms with van der Waals surface area (Å²) >= 11 is 1.46. The van der Waals surface area contributed by atoms with Gasteiger partial charge < -0.3 is 0 Å². The third kappa shape index (κ3) is 1.98. The number of hydrogen-bond donors (Lipinski definition) is 0. The average Bonchev–Trinajstić information content (AvgIpc) is 2.44. The summed E-state index contributed by atoms with van der Waals surface area (Å²) in [4.78, 5) is 6.77. The fraction of sp³-hybridized carbons (Fsp3) is 0.500. The van der Waals surface area contributed by atoms with E-state index in [0.29, 0.717) is 4.90 Å². The number of rotatable bonds is 3. The highest BCUT2D eigenvalue weighted by Gasteiger charge is 2.24. The minimum atomic E-state index is -3.48. The van der Waals surface area contributed by atoms with Crippen LogP contribution in [-0.4, -0.2) is 27.0 Å². The molecule has 1 aromatic rings. The molecule has 0 saturated heterocycles. The summed E-state index contributed by atoms with van der Waals surface area (Å²) in [5, 5.41) is 0. The van der Waals surface area contributed by atoms with Crippen LogP contribution in [-0.2, 0) is 14.9 Å². The lowest BCUT2D eigenvalue weighted by atomic mass is 10.4. The van der Waals surface area contributed by atoms with E-state index in [2.05, 4.69) is 4.84 Å². The fourth-order valence-corrected chi connectivity index (χ4v) is 3.60. The quantitative estimate of drug-likeness (QED) is 0.747. The summed E-state index contributed by atoms with van der Waals surface area (Å²) < 4.78 is 24.5. The minimum Gasteiger partial charge on any atom is -0.288 e. The number of hydrogen-bond acceptors (Lipinski definition) is 4. The number of aryl methyl sites for hydroxylation is 2. The third-order valence-corrected chi connectivity index (χ3v) is 4.77. The molecule has 0 N–H and O–H groups in total. The van der Waals surface area contributed by atoms with Gasteiger partial charge in [-0.2, -0.15) is 0 Å². The van der Waals surface area contributed by atoms with Gasteiger partial charge in [0.1, 0.15) is 0 Å². The molecule has 0 aliphatic carbocycles. The van der Waals surface area contributed by atoms with Crippen molar-refractivity contribution in [3.63, 3.8) is 0 Å². The van der Waals surface area contributed by atoms with E-state index in [4.69, 9.17) is 0 Å². The van der Waals surface area contributed by atoms with Crippen LogP contribution < -0.4 is 0 Å². The number of thiophene rings is 1. The van der Waals surface area contributed by atoms with E-state index in [0.717, 1.165) is 14.2 Å². The first-order valence-corrected chi connectivity index (χ1v) is 6.25. The van der Waals surface area contributed by atoms with Crippen LogP contribution in [0, 0.1) is 13.8 Å². The van der Waals surface area contributed by atoms with Crippen molar-refractivity contribution in [2.75, 3.05) is 14.2 Å². The second-order valence-electron chi connectivity index (χ2n) is 2.87. The number of hydroxylamine groups is 1. The molecular formula is C8H13NO3S2. The summed E-state index contributed by atoms with van der Waals surface area (Å²) in [5.41, 5.74) is 0. The highest BCUT2D eigenvalue weighted by atomic mass is 32.2. The SMILES string of the molecule is CON(C)S(=O)(=O)c1cc(C)sc1C. The molecule has 0 atom stereocenters. The van der Waals surface area contributed by atoms with Gasteiger partial charge in [-0.05, 0) is 19.9 Å². The standard InChI is InChI=1S/C8H13NO3S2/c1-6-5-8(7(2)13-6)14(10,11)9(3)12-4/h5H,1-4H3. The van der Waals surface area contributed by atoms with Crippen molar-refractivity contribution < 1.29 is 13.3 Å². The maximum Gasteiger partial charge on any atom is 0.265 e. The van der Waals surface area contributed by atoms with E-state index in [1.165, 1.54) is 25.5 Å². The lowest BCUT2D eigenvalue weighted by molar-refractivity contribution is -0.0258. The predicted molar refractivity (Wildman–Crippen MR) is 55.8 cm³/mol. The lowest BCUT2D eigenvalue weighted by Gasteiger charge is -2.13. The van der Waals surface area contributed by atoms with Crippen molar-refractivity contribution in [3.8, 4) is 0 Å². The molecule has 80 valence electrons. The Balaban J connectivity index is 3.23. The lowest BCUT2D eigenvalue weighted by Crippen LogP contribution is -2.25. The molecule has 0 bridgehead atoms. The van der Waals surface area contributed by atoms with Gasteiger partial charge in [-0.15, -0.1) is 11.3 Å². The molecule has 14 heavy (non-hydrogen) atoms. The molecule has 0 unspecified atom stereocenters. The van der Waals surface area contributed by atoms with Gasteiger partial charge in [0.25, 0.3) is 10.0 Å². The van der Waals surface area contributed by atoms with Gasteiger partial charge >= 0.3 is 0 Å². The summed E-state index contributed by atoms with van der Waals surface area (Å²) in [6.45, 7) is 3.66. The van der Waals surface area contributed by atoms with Crippen molar-refractivity contribution in [2.24, 2.45) is 0 Å². The molecule has 1 aromatic heterocycles. The largest absolute Gasteiger partial charge is 0.288 e. The summed E-state index contributed by atoms with van der Waals surface area (Å²) in [5.74, 6) is 0. The fourth-order valence-electron chi connectivity index (χ4n) is 1.10. The third-order valence-electron chi connectivity index (χ3n) is 1.87. The maximum absolute atomic E-state index is 11.8. The van der Waals surface area contributed by atoms with Crippen LogP contribution in [0.3, 0.4) is 0 Å². The molecule has 4 nitrogen and oxygen atoms in total. The molecular weight excluding hydrogens is 222 g/mol. The van der Waals surface area contributed by atoms with Gasteiger partial charge in [0, 0.05) is 16.8 Å². The Bertz CT molecular complexity index is 422. The molecule has 0 aliphatic rings. The van der Waals surface area contributed by atoms with Crippen LogP contribution >= 0.6 is 11.3 Å². The minimum absolute atomic E-state index is 0.323. The first-order chi connectivity index (χ1) is 6.39. The summed E-state index contributed by atoms with van der Waals surface area (Å²) in [6, 6.07) is 1.66. The van der Waals surface area contributed by atoms with Gasteiger partial charge in [0.05, 0.1) is 12.0 Å². The molecule has 0 spiro atoms. The van der Waals surface area contributed by atoms with Gasteiger partial charge in [-0.1, -0.05) is 4.47 Å². The molecule has 0 fully saturated rings. The van der Waals surface area contributed by atoms with E-state index < -0.39 is 10.0 Å². The zero-order chi connectivity index (χ0) is 10.9. The van der Waals surface area contributed by atoms with Crippen LogP contribution in [0.15, 0.2) is 11.0 Å². The van der Waals surface area contributed by atoms with Gasteiger partial charge in [0.15, 0.2) is 0 Å². The second-order valence-corrected chi connectivity index (χ2v) is 6.24. The Morgan fingerprint density at radius 3 is 2.36 bits per heavy atom. The van der Waals surface area contributed by atoms with Crippen LogP contribution in [0.5, 0.6) is 0 Å². The Morgan fingerprint density at radius 1 is 1.43 bits per heavy atom. The first kappa shape index (κ1) is 11.6. The van der Waals surface area contributed by atoms with E-state index in [1.54, 1.807) is 13.0 Å². The van der Waals surface area contributed by atoms with Crippen molar-refractivity contribution in [3.05, 3.63) is 15.8 Å². The predicted octanol–water partition coefficient (Wildman–Crippen LogP) is 1.55. The smallest absolute Gasteiger partial charge is 0.265 e. The van der Waals surface area contributed by atoms with E-state index in [9.17, 15) is 8.42 Å². The van der Waals surface area contributed by atoms with Crippen LogP contribution in [0.4, 0.5) is 0 Å². The normalized spacial score (nSPS) is 12.4. The highest BCUT2D eigenvalue weighted by Crippen LogP contribution is 2.26. The Morgan fingerprint density at radius 2 is 2.00 bits per heavy atom. The number of nitrogens with zero attached hydrogens (tertiary/aromatic N) is 1. The van der Waals surface area contributed by atoms with Crippen LogP contribution in [0.1, 0.15) is 9.75 Å². The van der Waals surface area contributed by atoms with Crippen molar-refractivity contribution in [2.45, 2.75) is 18.7 Å². The van der Waals surface area contributed by atoms with Crippen molar-refractivity contribution >= 4 is 21.4 Å². The zero-order valence-corrected chi connectivity index (χ0v) is 10.2. The molecule has 0 amide bonds. The molecule has 1 rings (SSSR count). The second kappa shape index (κ2) is 3.98. The van der Waals surface area contributed by atoms with Gasteiger partial charge in [0.2, 0.25) is 0 Å². The van der Waals surface area contributed by atoms with E-state index in [-0.39, 0.29) is 0 Å². The molecule has 0 radical (unpaired) electrons. The average molecular weight is 235 g/mol. The summed E-state index contributed by atoms with van der Waals surface area (Å²) in [6.07, 6.45) is 0. The molecule has 0 saturated carbocycles. The zero-order valence-electron chi connectivity index (χ0n) is 8.57. The highest BCUT2D eigenvalue weighted by molar-refractivity contribution is 7.89. The number of sulfonamides is 1. The Labute approximate surface area is 88.1 Å².